The molecule has 7 nitrogen and oxygen atoms in total. The van der Waals surface area contributed by atoms with Crippen molar-refractivity contribution in [3.8, 4) is 0 Å². The largest absolute Gasteiger partial charge is 0.374 e. The molecule has 1 unspecified atom stereocenters. The van der Waals surface area contributed by atoms with E-state index < -0.39 is 0 Å². The number of hydrogen-bond donors (Lipinski definition) is 2. The number of ether oxygens (including phenoxy) is 1. The van der Waals surface area contributed by atoms with Crippen LogP contribution in [0, 0.1) is 11.8 Å². The average Bonchev–Trinajstić information content (AvgIpc) is 3.03. The molecule has 1 aliphatic heterocycles. The maximum absolute atomic E-state index is 5.93. The first-order valence-corrected chi connectivity index (χ1v) is 10.3. The van der Waals surface area contributed by atoms with Gasteiger partial charge in [-0.05, 0) is 18.8 Å². The van der Waals surface area contributed by atoms with Gasteiger partial charge in [-0.1, -0.05) is 27.7 Å². The summed E-state index contributed by atoms with van der Waals surface area (Å²) in [5.74, 6) is 3.09. The normalized spacial score (nSPS) is 19.1. The number of nitrogens with one attached hydrogen (secondary N) is 2. The third-order valence-corrected chi connectivity index (χ3v) is 4.43. The van der Waals surface area contributed by atoms with Crippen molar-refractivity contribution in [3.63, 3.8) is 0 Å². The number of hydrogen-bond acceptors (Lipinski definition) is 4. The molecule has 1 aromatic heterocycles. The molecular weight excluding hydrogens is 340 g/mol. The van der Waals surface area contributed by atoms with Crippen molar-refractivity contribution < 1.29 is 4.74 Å². The predicted octanol–water partition coefficient (Wildman–Crippen LogP) is 1.95. The molecule has 2 heterocycles. The van der Waals surface area contributed by atoms with Crippen LogP contribution in [0.5, 0.6) is 0 Å². The Morgan fingerprint density at radius 3 is 2.74 bits per heavy atom. The Bertz CT molecular complexity index is 569. The van der Waals surface area contributed by atoms with Gasteiger partial charge in [-0.25, -0.2) is 9.98 Å². The van der Waals surface area contributed by atoms with Gasteiger partial charge in [0.15, 0.2) is 5.96 Å². The van der Waals surface area contributed by atoms with Gasteiger partial charge in [0.25, 0.3) is 0 Å². The van der Waals surface area contributed by atoms with Gasteiger partial charge in [0.1, 0.15) is 12.4 Å². The molecule has 2 N–H and O–H groups in total. The fraction of sp³-hybridized carbons (Fsp3) is 0.800. The van der Waals surface area contributed by atoms with Crippen LogP contribution in [0.2, 0.25) is 0 Å². The summed E-state index contributed by atoms with van der Waals surface area (Å²) in [6, 6.07) is 0. The summed E-state index contributed by atoms with van der Waals surface area (Å²) in [5.41, 5.74) is 0. The van der Waals surface area contributed by atoms with E-state index >= 15 is 0 Å². The van der Waals surface area contributed by atoms with Crippen LogP contribution in [-0.4, -0.2) is 65.8 Å². The smallest absolute Gasteiger partial charge is 0.191 e. The Kier molecular flexibility index (Phi) is 9.07. The van der Waals surface area contributed by atoms with Crippen LogP contribution in [0.4, 0.5) is 0 Å². The van der Waals surface area contributed by atoms with E-state index in [1.807, 2.05) is 12.4 Å². The molecule has 1 atom stereocenters. The molecule has 0 aliphatic carbocycles. The van der Waals surface area contributed by atoms with E-state index in [1.54, 1.807) is 0 Å². The highest BCUT2D eigenvalue weighted by Gasteiger charge is 2.21. The van der Waals surface area contributed by atoms with Crippen molar-refractivity contribution in [2.75, 3.05) is 39.3 Å². The first-order chi connectivity index (χ1) is 13.0. The molecule has 1 saturated heterocycles. The van der Waals surface area contributed by atoms with E-state index in [-0.39, 0.29) is 6.10 Å². The van der Waals surface area contributed by atoms with Crippen LogP contribution < -0.4 is 10.6 Å². The first kappa shape index (κ1) is 21.7. The Labute approximate surface area is 164 Å². The van der Waals surface area contributed by atoms with E-state index in [0.29, 0.717) is 18.4 Å². The summed E-state index contributed by atoms with van der Waals surface area (Å²) in [6.07, 6.45) is 4.08. The number of nitrogens with zero attached hydrogens (tertiary/aromatic N) is 4. The zero-order valence-corrected chi connectivity index (χ0v) is 17.7. The lowest BCUT2D eigenvalue weighted by molar-refractivity contribution is -0.0284. The molecule has 154 valence electrons. The maximum atomic E-state index is 5.93. The fourth-order valence-electron chi connectivity index (χ4n) is 3.34. The molecule has 0 radical (unpaired) electrons. The number of aliphatic imine (C=N–C) groups is 1. The Morgan fingerprint density at radius 1 is 1.26 bits per heavy atom. The van der Waals surface area contributed by atoms with Crippen molar-refractivity contribution in [1.29, 1.82) is 0 Å². The highest BCUT2D eigenvalue weighted by atomic mass is 16.5. The SMILES string of the molecule is CCNC(=NCc1nccn1CC(C)C)NCC1CN(CC(C)C)CCO1. The van der Waals surface area contributed by atoms with Crippen molar-refractivity contribution in [1.82, 2.24) is 25.1 Å². The van der Waals surface area contributed by atoms with Gasteiger partial charge in [0.05, 0.1) is 12.7 Å². The van der Waals surface area contributed by atoms with Crippen LogP contribution in [0.3, 0.4) is 0 Å². The number of imidazole rings is 1. The summed E-state index contributed by atoms with van der Waals surface area (Å²) in [7, 11) is 0. The van der Waals surface area contributed by atoms with Crippen LogP contribution in [-0.2, 0) is 17.8 Å². The van der Waals surface area contributed by atoms with Gasteiger partial charge in [0, 0.05) is 51.7 Å². The molecule has 7 heteroatoms. The van der Waals surface area contributed by atoms with Crippen molar-refractivity contribution in [3.05, 3.63) is 18.2 Å². The molecule has 2 rings (SSSR count). The standard InChI is InChI=1S/C20H38N6O/c1-6-21-20(24-12-19-22-7-8-26(19)14-17(4)5)23-11-18-15-25(9-10-27-18)13-16(2)3/h7-8,16-18H,6,9-15H2,1-5H3,(H2,21,23,24). The van der Waals surface area contributed by atoms with Crippen LogP contribution in [0.15, 0.2) is 17.4 Å². The van der Waals surface area contributed by atoms with Gasteiger partial charge < -0.3 is 19.9 Å². The summed E-state index contributed by atoms with van der Waals surface area (Å²) >= 11 is 0. The molecule has 1 aromatic rings. The van der Waals surface area contributed by atoms with E-state index in [2.05, 4.69) is 59.7 Å². The third-order valence-electron chi connectivity index (χ3n) is 4.43. The number of guanidine groups is 1. The minimum atomic E-state index is 0.198. The van der Waals surface area contributed by atoms with E-state index in [9.17, 15) is 0 Å². The highest BCUT2D eigenvalue weighted by molar-refractivity contribution is 5.79. The second-order valence-electron chi connectivity index (χ2n) is 8.11. The van der Waals surface area contributed by atoms with E-state index in [1.165, 1.54) is 0 Å². The topological polar surface area (TPSA) is 66.7 Å². The summed E-state index contributed by atoms with van der Waals surface area (Å²) < 4.78 is 8.11. The van der Waals surface area contributed by atoms with Gasteiger partial charge in [0.2, 0.25) is 0 Å². The number of aromatic nitrogens is 2. The molecule has 0 aromatic carbocycles. The molecular formula is C20H38N6O. The second kappa shape index (κ2) is 11.3. The summed E-state index contributed by atoms with van der Waals surface area (Å²) in [5, 5.41) is 6.76. The lowest BCUT2D eigenvalue weighted by Crippen LogP contribution is -2.50. The van der Waals surface area contributed by atoms with Crippen LogP contribution in [0.25, 0.3) is 0 Å². The van der Waals surface area contributed by atoms with Crippen LogP contribution in [0.1, 0.15) is 40.4 Å². The Balaban J connectivity index is 1.87. The predicted molar refractivity (Wildman–Crippen MR) is 111 cm³/mol. The lowest BCUT2D eigenvalue weighted by atomic mass is 10.2. The first-order valence-electron chi connectivity index (χ1n) is 10.3. The fourth-order valence-corrected chi connectivity index (χ4v) is 3.34. The highest BCUT2D eigenvalue weighted by Crippen LogP contribution is 2.08. The summed E-state index contributed by atoms with van der Waals surface area (Å²) in [4.78, 5) is 11.7. The maximum Gasteiger partial charge on any atom is 0.191 e. The molecule has 27 heavy (non-hydrogen) atoms. The zero-order chi connectivity index (χ0) is 19.6. The van der Waals surface area contributed by atoms with Crippen LogP contribution >= 0.6 is 0 Å². The van der Waals surface area contributed by atoms with Gasteiger partial charge in [-0.2, -0.15) is 0 Å². The molecule has 0 saturated carbocycles. The molecule has 0 bridgehead atoms. The molecule has 0 amide bonds. The third kappa shape index (κ3) is 7.89. The quantitative estimate of drug-likeness (QED) is 0.508. The second-order valence-corrected chi connectivity index (χ2v) is 8.11. The van der Waals surface area contributed by atoms with Crippen molar-refractivity contribution in [2.24, 2.45) is 16.8 Å². The van der Waals surface area contributed by atoms with Gasteiger partial charge in [-0.15, -0.1) is 0 Å². The van der Waals surface area contributed by atoms with Crippen molar-refractivity contribution >= 4 is 5.96 Å². The van der Waals surface area contributed by atoms with Gasteiger partial charge >= 0.3 is 0 Å². The van der Waals surface area contributed by atoms with Crippen molar-refractivity contribution in [2.45, 2.75) is 53.8 Å². The zero-order valence-electron chi connectivity index (χ0n) is 17.7. The van der Waals surface area contributed by atoms with Gasteiger partial charge in [-0.3, -0.25) is 4.90 Å². The number of rotatable bonds is 9. The Hall–Kier alpha value is -1.60. The molecule has 0 spiro atoms. The summed E-state index contributed by atoms with van der Waals surface area (Å²) in [6.45, 7) is 18.1. The number of morpholine rings is 1. The lowest BCUT2D eigenvalue weighted by Gasteiger charge is -2.34. The van der Waals surface area contributed by atoms with E-state index in [0.717, 1.165) is 57.7 Å². The minimum Gasteiger partial charge on any atom is -0.374 e. The minimum absolute atomic E-state index is 0.198. The average molecular weight is 379 g/mol. The van der Waals surface area contributed by atoms with E-state index in [4.69, 9.17) is 9.73 Å². The monoisotopic (exact) mass is 378 g/mol. The molecule has 1 aliphatic rings. The Morgan fingerprint density at radius 2 is 2.04 bits per heavy atom. The molecule has 1 fully saturated rings.